The van der Waals surface area contributed by atoms with Crippen LogP contribution in [0.15, 0.2) is 36.5 Å². The summed E-state index contributed by atoms with van der Waals surface area (Å²) < 4.78 is 1.85. The highest BCUT2D eigenvalue weighted by atomic mass is 16.1. The molecule has 5 heteroatoms. The first-order chi connectivity index (χ1) is 10.6. The molecule has 1 aliphatic heterocycles. The molecule has 2 atom stereocenters. The quantitative estimate of drug-likeness (QED) is 0.915. The van der Waals surface area contributed by atoms with Crippen molar-refractivity contribution in [1.29, 1.82) is 0 Å². The van der Waals surface area contributed by atoms with Gasteiger partial charge in [-0.1, -0.05) is 18.2 Å². The lowest BCUT2D eigenvalue weighted by molar-refractivity contribution is -0.120. The summed E-state index contributed by atoms with van der Waals surface area (Å²) in [6.07, 6.45) is 3.50. The summed E-state index contributed by atoms with van der Waals surface area (Å²) in [7, 11) is 0. The van der Waals surface area contributed by atoms with Gasteiger partial charge in [-0.05, 0) is 45.4 Å². The fourth-order valence-corrected chi connectivity index (χ4v) is 2.97. The molecule has 0 unspecified atom stereocenters. The van der Waals surface area contributed by atoms with Crippen molar-refractivity contribution in [2.45, 2.75) is 32.7 Å². The molecule has 1 aromatic heterocycles. The predicted molar refractivity (Wildman–Crippen MR) is 87.1 cm³/mol. The molecular weight excluding hydrogens is 276 g/mol. The third kappa shape index (κ3) is 3.04. The molecular formula is C17H22N4O. The molecule has 1 aliphatic rings. The minimum atomic E-state index is 0.0794. The number of hydrogen-bond donors (Lipinski definition) is 2. The molecule has 0 spiro atoms. The predicted octanol–water partition coefficient (Wildman–Crippen LogP) is 2.51. The van der Waals surface area contributed by atoms with Gasteiger partial charge in [0.15, 0.2) is 0 Å². The van der Waals surface area contributed by atoms with Crippen molar-refractivity contribution < 1.29 is 4.79 Å². The molecule has 0 aliphatic carbocycles. The van der Waals surface area contributed by atoms with E-state index < -0.39 is 0 Å². The second-order valence-corrected chi connectivity index (χ2v) is 5.96. The molecule has 2 heterocycles. The number of carbonyl (C=O) groups excluding carboxylic acids is 1. The van der Waals surface area contributed by atoms with E-state index in [2.05, 4.69) is 22.7 Å². The molecule has 2 N–H and O–H groups in total. The van der Waals surface area contributed by atoms with Crippen molar-refractivity contribution in [1.82, 2.24) is 15.1 Å². The normalized spacial score (nSPS) is 21.5. The second kappa shape index (κ2) is 6.32. The number of para-hydroxylation sites is 1. The van der Waals surface area contributed by atoms with Crippen LogP contribution in [0.4, 0.5) is 5.69 Å². The second-order valence-electron chi connectivity index (χ2n) is 5.96. The third-order valence-electron chi connectivity index (χ3n) is 4.26. The van der Waals surface area contributed by atoms with E-state index in [-0.39, 0.29) is 11.8 Å². The highest BCUT2D eigenvalue weighted by Gasteiger charge is 2.25. The van der Waals surface area contributed by atoms with Gasteiger partial charge in [0.05, 0.1) is 23.3 Å². The van der Waals surface area contributed by atoms with Crippen LogP contribution in [0.2, 0.25) is 0 Å². The number of hydrogen-bond acceptors (Lipinski definition) is 3. The number of carbonyl (C=O) groups is 1. The first-order valence-corrected chi connectivity index (χ1v) is 7.79. The van der Waals surface area contributed by atoms with Crippen molar-refractivity contribution in [3.63, 3.8) is 0 Å². The van der Waals surface area contributed by atoms with Crippen LogP contribution >= 0.6 is 0 Å². The Morgan fingerprint density at radius 1 is 1.36 bits per heavy atom. The Hall–Kier alpha value is -2.14. The summed E-state index contributed by atoms with van der Waals surface area (Å²) in [6.45, 7) is 5.00. The van der Waals surface area contributed by atoms with Crippen LogP contribution in [0, 0.1) is 12.8 Å². The number of aromatic nitrogens is 2. The van der Waals surface area contributed by atoms with Crippen LogP contribution in [0.5, 0.6) is 0 Å². The number of anilines is 1. The van der Waals surface area contributed by atoms with E-state index in [1.807, 2.05) is 41.9 Å². The van der Waals surface area contributed by atoms with E-state index in [9.17, 15) is 4.79 Å². The molecule has 116 valence electrons. The first-order valence-electron chi connectivity index (χ1n) is 7.79. The summed E-state index contributed by atoms with van der Waals surface area (Å²) >= 11 is 0. The summed E-state index contributed by atoms with van der Waals surface area (Å²) in [5.41, 5.74) is 2.73. The molecule has 0 bridgehead atoms. The highest BCUT2D eigenvalue weighted by molar-refractivity contribution is 5.93. The van der Waals surface area contributed by atoms with Crippen LogP contribution < -0.4 is 10.6 Å². The van der Waals surface area contributed by atoms with E-state index in [0.29, 0.717) is 6.04 Å². The molecule has 22 heavy (non-hydrogen) atoms. The molecule has 0 saturated carbocycles. The van der Waals surface area contributed by atoms with Crippen LogP contribution in [0.25, 0.3) is 5.69 Å². The van der Waals surface area contributed by atoms with Gasteiger partial charge < -0.3 is 10.6 Å². The van der Waals surface area contributed by atoms with Gasteiger partial charge in [-0.3, -0.25) is 4.79 Å². The maximum atomic E-state index is 12.4. The lowest BCUT2D eigenvalue weighted by atomic mass is 9.92. The number of rotatable bonds is 3. The van der Waals surface area contributed by atoms with Crippen molar-refractivity contribution in [2.24, 2.45) is 5.92 Å². The van der Waals surface area contributed by atoms with Gasteiger partial charge in [0, 0.05) is 12.0 Å². The number of nitrogens with one attached hydrogen (secondary N) is 2. The van der Waals surface area contributed by atoms with E-state index in [0.717, 1.165) is 36.5 Å². The van der Waals surface area contributed by atoms with E-state index in [1.54, 1.807) is 6.20 Å². The monoisotopic (exact) mass is 298 g/mol. The van der Waals surface area contributed by atoms with Crippen LogP contribution in [-0.4, -0.2) is 28.3 Å². The van der Waals surface area contributed by atoms with Gasteiger partial charge in [0.1, 0.15) is 0 Å². The molecule has 5 nitrogen and oxygen atoms in total. The number of piperidine rings is 1. The van der Waals surface area contributed by atoms with E-state index in [4.69, 9.17) is 0 Å². The van der Waals surface area contributed by atoms with Crippen LogP contribution in [0.3, 0.4) is 0 Å². The molecule has 1 aromatic carbocycles. The minimum Gasteiger partial charge on any atom is -0.323 e. The Morgan fingerprint density at radius 3 is 2.86 bits per heavy atom. The number of amides is 1. The zero-order valence-electron chi connectivity index (χ0n) is 13.0. The lowest BCUT2D eigenvalue weighted by Crippen LogP contribution is -2.40. The Bertz CT molecular complexity index is 650. The van der Waals surface area contributed by atoms with Gasteiger partial charge in [0.2, 0.25) is 5.91 Å². The first kappa shape index (κ1) is 14.8. The smallest absolute Gasteiger partial charge is 0.227 e. The van der Waals surface area contributed by atoms with E-state index >= 15 is 0 Å². The Kier molecular flexibility index (Phi) is 4.24. The maximum Gasteiger partial charge on any atom is 0.227 e. The van der Waals surface area contributed by atoms with Gasteiger partial charge in [0.25, 0.3) is 0 Å². The topological polar surface area (TPSA) is 59.0 Å². The minimum absolute atomic E-state index is 0.0794. The zero-order chi connectivity index (χ0) is 15.5. The number of nitrogens with zero attached hydrogens (tertiary/aromatic N) is 2. The van der Waals surface area contributed by atoms with Crippen molar-refractivity contribution in [3.05, 3.63) is 42.2 Å². The van der Waals surface area contributed by atoms with Crippen molar-refractivity contribution >= 4 is 11.6 Å². The largest absolute Gasteiger partial charge is 0.323 e. The molecule has 1 saturated heterocycles. The number of benzene rings is 1. The van der Waals surface area contributed by atoms with Crippen molar-refractivity contribution in [2.75, 3.05) is 11.9 Å². The fraction of sp³-hybridized carbons (Fsp3) is 0.412. The maximum absolute atomic E-state index is 12.4. The van der Waals surface area contributed by atoms with Gasteiger partial charge in [-0.2, -0.15) is 5.10 Å². The Morgan fingerprint density at radius 2 is 2.14 bits per heavy atom. The van der Waals surface area contributed by atoms with Gasteiger partial charge >= 0.3 is 0 Å². The molecule has 3 rings (SSSR count). The Labute approximate surface area is 130 Å². The van der Waals surface area contributed by atoms with Crippen LogP contribution in [-0.2, 0) is 4.79 Å². The van der Waals surface area contributed by atoms with Gasteiger partial charge in [-0.15, -0.1) is 0 Å². The van der Waals surface area contributed by atoms with Gasteiger partial charge in [-0.25, -0.2) is 4.68 Å². The highest BCUT2D eigenvalue weighted by Crippen LogP contribution is 2.22. The van der Waals surface area contributed by atoms with E-state index in [1.165, 1.54) is 0 Å². The average Bonchev–Trinajstić information content (AvgIpc) is 2.89. The fourth-order valence-electron chi connectivity index (χ4n) is 2.97. The SMILES string of the molecule is Cc1c(NC(=O)[C@H]2CCN[C@@H](C)C2)cnn1-c1ccccc1. The molecule has 0 radical (unpaired) electrons. The lowest BCUT2D eigenvalue weighted by Gasteiger charge is -2.27. The van der Waals surface area contributed by atoms with Crippen molar-refractivity contribution in [3.8, 4) is 5.69 Å². The van der Waals surface area contributed by atoms with Crippen LogP contribution in [0.1, 0.15) is 25.5 Å². The zero-order valence-corrected chi connectivity index (χ0v) is 13.0. The Balaban J connectivity index is 1.73. The average molecular weight is 298 g/mol. The molecule has 2 aromatic rings. The molecule has 1 amide bonds. The standard InChI is InChI=1S/C17H22N4O/c1-12-10-14(8-9-18-12)17(22)20-16-11-19-21(13(16)2)15-6-4-3-5-7-15/h3-7,11-12,14,18H,8-10H2,1-2H3,(H,20,22)/t12-,14-/m0/s1. The summed E-state index contributed by atoms with van der Waals surface area (Å²) in [4.78, 5) is 12.4. The summed E-state index contributed by atoms with van der Waals surface area (Å²) in [5.74, 6) is 0.180. The summed E-state index contributed by atoms with van der Waals surface area (Å²) in [5, 5.41) is 10.8. The third-order valence-corrected chi connectivity index (χ3v) is 4.26. The molecule has 1 fully saturated rings. The summed E-state index contributed by atoms with van der Waals surface area (Å²) in [6, 6.07) is 10.3.